The molecule has 5 nitrogen and oxygen atoms in total. The number of nitrogen functional groups attached to an aromatic ring is 1. The molecule has 1 aliphatic rings. The van der Waals surface area contributed by atoms with Crippen LogP contribution in [-0.4, -0.2) is 38.0 Å². The van der Waals surface area contributed by atoms with Crippen molar-refractivity contribution in [2.45, 2.75) is 44.3 Å². The molecule has 1 aliphatic heterocycles. The van der Waals surface area contributed by atoms with Gasteiger partial charge in [0.1, 0.15) is 0 Å². The molecular weight excluding hydrogens is 276 g/mol. The van der Waals surface area contributed by atoms with Crippen molar-refractivity contribution < 1.29 is 13.2 Å². The molecule has 0 saturated carbocycles. The first-order valence-corrected chi connectivity index (χ1v) is 8.32. The fourth-order valence-electron chi connectivity index (χ4n) is 2.57. The van der Waals surface area contributed by atoms with Crippen LogP contribution in [-0.2, 0) is 21.2 Å². The van der Waals surface area contributed by atoms with Gasteiger partial charge in [0, 0.05) is 18.8 Å². The molecule has 20 heavy (non-hydrogen) atoms. The number of ether oxygens (including phenoxy) is 1. The van der Waals surface area contributed by atoms with E-state index in [9.17, 15) is 8.42 Å². The van der Waals surface area contributed by atoms with Crippen molar-refractivity contribution in [1.82, 2.24) is 4.31 Å². The van der Waals surface area contributed by atoms with E-state index in [0.29, 0.717) is 30.1 Å². The number of anilines is 1. The number of hydrogen-bond acceptors (Lipinski definition) is 4. The van der Waals surface area contributed by atoms with Gasteiger partial charge in [-0.3, -0.25) is 0 Å². The zero-order valence-electron chi connectivity index (χ0n) is 12.2. The molecule has 2 rings (SSSR count). The maximum atomic E-state index is 12.8. The normalized spacial score (nSPS) is 24.8. The van der Waals surface area contributed by atoms with Crippen LogP contribution in [0.5, 0.6) is 0 Å². The fourth-order valence-corrected chi connectivity index (χ4v) is 4.49. The molecule has 2 N–H and O–H groups in total. The molecule has 0 aromatic heterocycles. The monoisotopic (exact) mass is 298 g/mol. The number of morpholine rings is 1. The summed E-state index contributed by atoms with van der Waals surface area (Å²) in [6, 6.07) is 5.08. The minimum absolute atomic E-state index is 0.0975. The zero-order chi connectivity index (χ0) is 14.9. The van der Waals surface area contributed by atoms with E-state index in [1.54, 1.807) is 18.2 Å². The highest BCUT2D eigenvalue weighted by atomic mass is 32.2. The van der Waals surface area contributed by atoms with Gasteiger partial charge in [0.2, 0.25) is 10.0 Å². The molecule has 2 atom stereocenters. The zero-order valence-corrected chi connectivity index (χ0v) is 13.0. The summed E-state index contributed by atoms with van der Waals surface area (Å²) in [6.45, 7) is 6.47. The molecule has 1 aromatic rings. The van der Waals surface area contributed by atoms with E-state index >= 15 is 0 Å². The number of nitrogens with zero attached hydrogens (tertiary/aromatic N) is 1. The van der Waals surface area contributed by atoms with Crippen LogP contribution < -0.4 is 5.73 Å². The molecule has 1 aromatic carbocycles. The first-order chi connectivity index (χ1) is 9.34. The Kier molecular flexibility index (Phi) is 4.36. The van der Waals surface area contributed by atoms with Gasteiger partial charge in [0.05, 0.1) is 17.1 Å². The van der Waals surface area contributed by atoms with Gasteiger partial charge >= 0.3 is 0 Å². The van der Waals surface area contributed by atoms with Crippen LogP contribution in [0, 0.1) is 0 Å². The smallest absolute Gasteiger partial charge is 0.243 e. The summed E-state index contributed by atoms with van der Waals surface area (Å²) in [4.78, 5) is 0.321. The maximum Gasteiger partial charge on any atom is 0.243 e. The third-order valence-electron chi connectivity index (χ3n) is 3.48. The Hall–Kier alpha value is -1.11. The van der Waals surface area contributed by atoms with Crippen LogP contribution in [0.3, 0.4) is 0 Å². The van der Waals surface area contributed by atoms with E-state index in [0.717, 1.165) is 5.56 Å². The summed E-state index contributed by atoms with van der Waals surface area (Å²) >= 11 is 0. The highest BCUT2D eigenvalue weighted by Crippen LogP contribution is 2.26. The van der Waals surface area contributed by atoms with Crippen molar-refractivity contribution in [3.8, 4) is 0 Å². The molecule has 0 amide bonds. The van der Waals surface area contributed by atoms with E-state index < -0.39 is 10.0 Å². The van der Waals surface area contributed by atoms with Gasteiger partial charge in [-0.25, -0.2) is 8.42 Å². The number of sulfonamides is 1. The number of aryl methyl sites for hydroxylation is 1. The van der Waals surface area contributed by atoms with Crippen molar-refractivity contribution in [3.05, 3.63) is 23.8 Å². The lowest BCUT2D eigenvalue weighted by atomic mass is 10.1. The molecule has 0 aliphatic carbocycles. The Bertz CT molecular complexity index is 576. The highest BCUT2D eigenvalue weighted by Gasteiger charge is 2.33. The van der Waals surface area contributed by atoms with E-state index in [1.807, 2.05) is 20.8 Å². The van der Waals surface area contributed by atoms with E-state index in [2.05, 4.69) is 0 Å². The number of benzene rings is 1. The Balaban J connectivity index is 2.42. The minimum atomic E-state index is -3.52. The molecule has 6 heteroatoms. The lowest BCUT2D eigenvalue weighted by Gasteiger charge is -2.34. The van der Waals surface area contributed by atoms with Crippen molar-refractivity contribution in [1.29, 1.82) is 0 Å². The summed E-state index contributed by atoms with van der Waals surface area (Å²) < 4.78 is 32.7. The quantitative estimate of drug-likeness (QED) is 0.861. The van der Waals surface area contributed by atoms with Gasteiger partial charge in [-0.1, -0.05) is 13.0 Å². The van der Waals surface area contributed by atoms with Gasteiger partial charge < -0.3 is 10.5 Å². The summed E-state index contributed by atoms with van der Waals surface area (Å²) in [7, 11) is -3.52. The first kappa shape index (κ1) is 15.3. The van der Waals surface area contributed by atoms with Crippen LogP contribution >= 0.6 is 0 Å². The lowest BCUT2D eigenvalue weighted by Crippen LogP contribution is -2.48. The van der Waals surface area contributed by atoms with Crippen LogP contribution in [0.15, 0.2) is 23.1 Å². The van der Waals surface area contributed by atoms with Crippen molar-refractivity contribution in [2.75, 3.05) is 18.8 Å². The Morgan fingerprint density at radius 2 is 1.90 bits per heavy atom. The largest absolute Gasteiger partial charge is 0.399 e. The van der Waals surface area contributed by atoms with E-state index in [1.165, 1.54) is 4.31 Å². The second kappa shape index (κ2) is 5.71. The van der Waals surface area contributed by atoms with Gasteiger partial charge in [0.15, 0.2) is 0 Å². The highest BCUT2D eigenvalue weighted by molar-refractivity contribution is 7.89. The molecule has 1 fully saturated rings. The molecule has 112 valence electrons. The topological polar surface area (TPSA) is 72.6 Å². The molecule has 0 spiro atoms. The molecule has 0 unspecified atom stereocenters. The molecule has 0 bridgehead atoms. The number of hydrogen-bond donors (Lipinski definition) is 1. The fraction of sp³-hybridized carbons (Fsp3) is 0.571. The maximum absolute atomic E-state index is 12.8. The van der Waals surface area contributed by atoms with Crippen LogP contribution in [0.1, 0.15) is 26.3 Å². The van der Waals surface area contributed by atoms with Crippen molar-refractivity contribution >= 4 is 15.7 Å². The third kappa shape index (κ3) is 2.97. The van der Waals surface area contributed by atoms with Crippen molar-refractivity contribution in [2.24, 2.45) is 0 Å². The predicted octanol–water partition coefficient (Wildman–Crippen LogP) is 1.63. The SMILES string of the molecule is CCc1ccc(N)cc1S(=O)(=O)N1C[C@@H](C)O[C@@H](C)C1. The van der Waals surface area contributed by atoms with Gasteiger partial charge in [-0.05, 0) is 38.0 Å². The Morgan fingerprint density at radius 1 is 1.30 bits per heavy atom. The van der Waals surface area contributed by atoms with Gasteiger partial charge in [-0.15, -0.1) is 0 Å². The average molecular weight is 298 g/mol. The summed E-state index contributed by atoms with van der Waals surface area (Å²) in [6.07, 6.45) is 0.462. The van der Waals surface area contributed by atoms with Crippen LogP contribution in [0.2, 0.25) is 0 Å². The first-order valence-electron chi connectivity index (χ1n) is 6.88. The molecule has 0 radical (unpaired) electrons. The Morgan fingerprint density at radius 3 is 2.45 bits per heavy atom. The summed E-state index contributed by atoms with van der Waals surface area (Å²) in [5.74, 6) is 0. The molecular formula is C14H22N2O3S. The predicted molar refractivity (Wildman–Crippen MR) is 79.0 cm³/mol. The van der Waals surface area contributed by atoms with Gasteiger partial charge in [0.25, 0.3) is 0 Å². The minimum Gasteiger partial charge on any atom is -0.399 e. The third-order valence-corrected chi connectivity index (χ3v) is 5.39. The van der Waals surface area contributed by atoms with Crippen molar-refractivity contribution in [3.63, 3.8) is 0 Å². The number of nitrogens with two attached hydrogens (primary N) is 1. The standard InChI is InChI=1S/C14H22N2O3S/c1-4-12-5-6-13(15)7-14(12)20(17,18)16-8-10(2)19-11(3)9-16/h5-7,10-11H,4,8-9,15H2,1-3H3/t10-,11+. The second-order valence-electron chi connectivity index (χ2n) is 5.30. The lowest BCUT2D eigenvalue weighted by molar-refractivity contribution is -0.0440. The Labute approximate surface area is 120 Å². The van der Waals surface area contributed by atoms with Crippen LogP contribution in [0.25, 0.3) is 0 Å². The molecule has 1 heterocycles. The number of rotatable bonds is 3. The second-order valence-corrected chi connectivity index (χ2v) is 7.21. The summed E-state index contributed by atoms with van der Waals surface area (Å²) in [5, 5.41) is 0. The van der Waals surface area contributed by atoms with E-state index in [-0.39, 0.29) is 12.2 Å². The molecule has 1 saturated heterocycles. The average Bonchev–Trinajstić information content (AvgIpc) is 2.37. The summed E-state index contributed by atoms with van der Waals surface area (Å²) in [5.41, 5.74) is 7.02. The van der Waals surface area contributed by atoms with E-state index in [4.69, 9.17) is 10.5 Å². The van der Waals surface area contributed by atoms with Gasteiger partial charge in [-0.2, -0.15) is 4.31 Å². The van der Waals surface area contributed by atoms with Crippen LogP contribution in [0.4, 0.5) is 5.69 Å².